The third-order valence-electron chi connectivity index (χ3n) is 2.73. The number of aryl methyl sites for hydroxylation is 1. The van der Waals surface area contributed by atoms with Crippen molar-refractivity contribution in [1.29, 1.82) is 0 Å². The first kappa shape index (κ1) is 12.8. The van der Waals surface area contributed by atoms with Gasteiger partial charge in [0.25, 0.3) is 0 Å². The summed E-state index contributed by atoms with van der Waals surface area (Å²) >= 11 is 0. The van der Waals surface area contributed by atoms with Gasteiger partial charge < -0.3 is 16.2 Å². The second-order valence-corrected chi connectivity index (χ2v) is 4.12. The van der Waals surface area contributed by atoms with E-state index in [2.05, 4.69) is 17.2 Å². The number of anilines is 2. The molecule has 0 saturated carbocycles. The Kier molecular flexibility index (Phi) is 5.05. The highest BCUT2D eigenvalue weighted by atomic mass is 16.3. The maximum absolute atomic E-state index is 8.89. The quantitative estimate of drug-likeness (QED) is 0.687. The molecule has 0 aliphatic heterocycles. The first-order chi connectivity index (χ1) is 7.67. The van der Waals surface area contributed by atoms with Crippen LogP contribution in [0.2, 0.25) is 0 Å². The molecular weight excluding hydrogens is 202 g/mol. The van der Waals surface area contributed by atoms with E-state index >= 15 is 0 Å². The third-order valence-corrected chi connectivity index (χ3v) is 2.73. The van der Waals surface area contributed by atoms with Gasteiger partial charge in [0.1, 0.15) is 5.82 Å². The second-order valence-electron chi connectivity index (χ2n) is 4.12. The van der Waals surface area contributed by atoms with Crippen LogP contribution < -0.4 is 11.1 Å². The van der Waals surface area contributed by atoms with Gasteiger partial charge in [0.15, 0.2) is 0 Å². The van der Waals surface area contributed by atoms with Gasteiger partial charge in [-0.3, -0.25) is 0 Å². The Labute approximate surface area is 96.9 Å². The Morgan fingerprint density at radius 1 is 1.56 bits per heavy atom. The highest BCUT2D eigenvalue weighted by Gasteiger charge is 2.07. The van der Waals surface area contributed by atoms with Crippen LogP contribution in [0.15, 0.2) is 12.3 Å². The smallest absolute Gasteiger partial charge is 0.149 e. The van der Waals surface area contributed by atoms with Crippen molar-refractivity contribution >= 4 is 11.5 Å². The van der Waals surface area contributed by atoms with Crippen LogP contribution >= 0.6 is 0 Å². The molecule has 1 atom stereocenters. The Morgan fingerprint density at radius 2 is 2.31 bits per heavy atom. The monoisotopic (exact) mass is 223 g/mol. The second kappa shape index (κ2) is 6.33. The molecule has 1 rings (SSSR count). The molecule has 0 saturated heterocycles. The first-order valence-corrected chi connectivity index (χ1v) is 5.74. The number of nitrogens with zero attached hydrogens (tertiary/aromatic N) is 1. The lowest BCUT2D eigenvalue weighted by molar-refractivity contribution is 0.258. The largest absolute Gasteiger partial charge is 0.396 e. The molecule has 4 nitrogen and oxygen atoms in total. The lowest BCUT2D eigenvalue weighted by Gasteiger charge is -2.15. The van der Waals surface area contributed by atoms with Crippen molar-refractivity contribution < 1.29 is 5.11 Å². The molecule has 0 aromatic carbocycles. The average molecular weight is 223 g/mol. The van der Waals surface area contributed by atoms with Gasteiger partial charge in [0.05, 0.1) is 5.69 Å². The van der Waals surface area contributed by atoms with Gasteiger partial charge in [-0.25, -0.2) is 4.98 Å². The zero-order valence-electron chi connectivity index (χ0n) is 10.0. The summed E-state index contributed by atoms with van der Waals surface area (Å²) in [5.41, 5.74) is 7.59. The predicted octanol–water partition coefficient (Wildman–Crippen LogP) is 1.79. The summed E-state index contributed by atoms with van der Waals surface area (Å²) in [7, 11) is 0. The van der Waals surface area contributed by atoms with E-state index in [0.717, 1.165) is 30.8 Å². The normalized spacial score (nSPS) is 12.4. The molecule has 1 unspecified atom stereocenters. The fourth-order valence-corrected chi connectivity index (χ4v) is 1.61. The van der Waals surface area contributed by atoms with Crippen molar-refractivity contribution in [3.63, 3.8) is 0 Å². The molecule has 0 bridgehead atoms. The third kappa shape index (κ3) is 3.70. The highest BCUT2D eigenvalue weighted by molar-refractivity contribution is 5.61. The molecule has 0 spiro atoms. The summed E-state index contributed by atoms with van der Waals surface area (Å²) in [6.07, 6.45) is 3.65. The SMILES string of the molecule is CCC(CCO)CNc1ncc(C)cc1N. The minimum absolute atomic E-state index is 0.233. The summed E-state index contributed by atoms with van der Waals surface area (Å²) in [6, 6.07) is 1.91. The van der Waals surface area contributed by atoms with Gasteiger partial charge in [-0.1, -0.05) is 13.3 Å². The van der Waals surface area contributed by atoms with E-state index in [4.69, 9.17) is 10.8 Å². The minimum Gasteiger partial charge on any atom is -0.396 e. The number of nitrogens with one attached hydrogen (secondary N) is 1. The fraction of sp³-hybridized carbons (Fsp3) is 0.583. The van der Waals surface area contributed by atoms with Crippen LogP contribution in [0.3, 0.4) is 0 Å². The van der Waals surface area contributed by atoms with Gasteiger partial charge in [-0.2, -0.15) is 0 Å². The van der Waals surface area contributed by atoms with Crippen LogP contribution in [0.4, 0.5) is 11.5 Å². The number of pyridine rings is 1. The number of rotatable bonds is 6. The number of aliphatic hydroxyl groups is 1. The van der Waals surface area contributed by atoms with Crippen molar-refractivity contribution in [3.8, 4) is 0 Å². The first-order valence-electron chi connectivity index (χ1n) is 5.74. The van der Waals surface area contributed by atoms with E-state index in [0.29, 0.717) is 11.6 Å². The molecule has 4 N–H and O–H groups in total. The van der Waals surface area contributed by atoms with E-state index in [9.17, 15) is 0 Å². The lowest BCUT2D eigenvalue weighted by atomic mass is 10.0. The molecule has 0 fully saturated rings. The number of hydrogen-bond donors (Lipinski definition) is 3. The van der Waals surface area contributed by atoms with Crippen molar-refractivity contribution in [2.24, 2.45) is 5.92 Å². The molecular formula is C12H21N3O. The van der Waals surface area contributed by atoms with Gasteiger partial charge >= 0.3 is 0 Å². The lowest BCUT2D eigenvalue weighted by Crippen LogP contribution is -2.16. The van der Waals surface area contributed by atoms with Crippen LogP contribution in [-0.2, 0) is 0 Å². The molecule has 16 heavy (non-hydrogen) atoms. The Hall–Kier alpha value is -1.29. The molecule has 4 heteroatoms. The summed E-state index contributed by atoms with van der Waals surface area (Å²) in [4.78, 5) is 4.25. The number of aliphatic hydroxyl groups excluding tert-OH is 1. The number of nitrogens with two attached hydrogens (primary N) is 1. The average Bonchev–Trinajstić information content (AvgIpc) is 2.26. The molecule has 1 heterocycles. The Balaban J connectivity index is 2.53. The van der Waals surface area contributed by atoms with Crippen LogP contribution in [0.1, 0.15) is 25.3 Å². The zero-order valence-corrected chi connectivity index (χ0v) is 10.0. The standard InChI is InChI=1S/C12H21N3O/c1-3-10(4-5-16)8-15-12-11(13)6-9(2)7-14-12/h6-7,10,16H,3-5,8,13H2,1-2H3,(H,14,15). The van der Waals surface area contributed by atoms with Crippen LogP contribution in [-0.4, -0.2) is 23.2 Å². The van der Waals surface area contributed by atoms with E-state index in [1.807, 2.05) is 13.0 Å². The molecule has 0 amide bonds. The van der Waals surface area contributed by atoms with Crippen molar-refractivity contribution in [2.45, 2.75) is 26.7 Å². The topological polar surface area (TPSA) is 71.2 Å². The van der Waals surface area contributed by atoms with Crippen molar-refractivity contribution in [2.75, 3.05) is 24.2 Å². The van der Waals surface area contributed by atoms with Gasteiger partial charge in [0.2, 0.25) is 0 Å². The van der Waals surface area contributed by atoms with E-state index < -0.39 is 0 Å². The van der Waals surface area contributed by atoms with Crippen molar-refractivity contribution in [1.82, 2.24) is 4.98 Å². The van der Waals surface area contributed by atoms with Crippen LogP contribution in [0.25, 0.3) is 0 Å². The molecule has 90 valence electrons. The number of aromatic nitrogens is 1. The zero-order chi connectivity index (χ0) is 12.0. The highest BCUT2D eigenvalue weighted by Crippen LogP contribution is 2.17. The molecule has 0 aliphatic carbocycles. The predicted molar refractivity (Wildman–Crippen MR) is 67.4 cm³/mol. The Morgan fingerprint density at radius 3 is 2.88 bits per heavy atom. The summed E-state index contributed by atoms with van der Waals surface area (Å²) in [5.74, 6) is 1.20. The summed E-state index contributed by atoms with van der Waals surface area (Å²) in [5, 5.41) is 12.1. The maximum Gasteiger partial charge on any atom is 0.149 e. The van der Waals surface area contributed by atoms with Gasteiger partial charge in [-0.15, -0.1) is 0 Å². The van der Waals surface area contributed by atoms with E-state index in [1.165, 1.54) is 0 Å². The number of nitrogen functional groups attached to an aromatic ring is 1. The molecule has 0 radical (unpaired) electrons. The summed E-state index contributed by atoms with van der Waals surface area (Å²) < 4.78 is 0. The van der Waals surface area contributed by atoms with Gasteiger partial charge in [0, 0.05) is 19.3 Å². The summed E-state index contributed by atoms with van der Waals surface area (Å²) in [6.45, 7) is 5.12. The van der Waals surface area contributed by atoms with E-state index in [1.54, 1.807) is 6.20 Å². The van der Waals surface area contributed by atoms with Crippen LogP contribution in [0, 0.1) is 12.8 Å². The fourth-order valence-electron chi connectivity index (χ4n) is 1.61. The van der Waals surface area contributed by atoms with Crippen LogP contribution in [0.5, 0.6) is 0 Å². The Bertz CT molecular complexity index is 328. The maximum atomic E-state index is 8.89. The van der Waals surface area contributed by atoms with Crippen molar-refractivity contribution in [3.05, 3.63) is 17.8 Å². The molecule has 0 aliphatic rings. The number of hydrogen-bond acceptors (Lipinski definition) is 4. The molecule has 1 aromatic rings. The van der Waals surface area contributed by atoms with Gasteiger partial charge in [-0.05, 0) is 30.9 Å². The molecule has 1 aromatic heterocycles. The van der Waals surface area contributed by atoms with E-state index in [-0.39, 0.29) is 6.61 Å². The minimum atomic E-state index is 0.233.